The van der Waals surface area contributed by atoms with Crippen molar-refractivity contribution in [2.24, 2.45) is 0 Å². The monoisotopic (exact) mass is 180 g/mol. The third kappa shape index (κ3) is 2.29. The highest BCUT2D eigenvalue weighted by molar-refractivity contribution is 5.87. The molecule has 0 heterocycles. The van der Waals surface area contributed by atoms with E-state index in [2.05, 4.69) is 0 Å². The molecule has 0 saturated carbocycles. The van der Waals surface area contributed by atoms with Gasteiger partial charge in [-0.25, -0.2) is 4.79 Å². The van der Waals surface area contributed by atoms with Crippen molar-refractivity contribution in [1.82, 2.24) is 0 Å². The summed E-state index contributed by atoms with van der Waals surface area (Å²) in [6.07, 6.45) is -0.0701. The Labute approximate surface area is 77.0 Å². The molecule has 1 aromatic rings. The van der Waals surface area contributed by atoms with E-state index in [0.29, 0.717) is 5.56 Å². The lowest BCUT2D eigenvalue weighted by Gasteiger charge is -2.09. The largest absolute Gasteiger partial charge is 0.478 e. The second-order valence-electron chi connectivity index (χ2n) is 2.81. The van der Waals surface area contributed by atoms with Crippen LogP contribution in [-0.2, 0) is 4.74 Å². The third-order valence-electron chi connectivity index (χ3n) is 1.96. The van der Waals surface area contributed by atoms with E-state index in [1.165, 1.54) is 0 Å². The van der Waals surface area contributed by atoms with Crippen LogP contribution < -0.4 is 0 Å². The van der Waals surface area contributed by atoms with Crippen molar-refractivity contribution in [3.05, 3.63) is 35.4 Å². The highest BCUT2D eigenvalue weighted by Crippen LogP contribution is 2.16. The maximum atomic E-state index is 10.6. The van der Waals surface area contributed by atoms with E-state index in [1.54, 1.807) is 25.3 Å². The fraction of sp³-hybridized carbons (Fsp3) is 0.300. The molecule has 1 atom stereocenters. The summed E-state index contributed by atoms with van der Waals surface area (Å²) >= 11 is 0. The van der Waals surface area contributed by atoms with Gasteiger partial charge in [-0.3, -0.25) is 0 Å². The predicted molar refractivity (Wildman–Crippen MR) is 48.8 cm³/mol. The van der Waals surface area contributed by atoms with Gasteiger partial charge in [-0.2, -0.15) is 0 Å². The SMILES string of the molecule is CO[C@@H](C)c1cccc(C(=O)O)c1. The molecule has 0 bridgehead atoms. The lowest BCUT2D eigenvalue weighted by molar-refractivity contribution is 0.0696. The topological polar surface area (TPSA) is 46.5 Å². The minimum absolute atomic E-state index is 0.0701. The van der Waals surface area contributed by atoms with E-state index < -0.39 is 5.97 Å². The number of carboxylic acid groups (broad SMARTS) is 1. The zero-order valence-corrected chi connectivity index (χ0v) is 7.65. The number of ether oxygens (including phenoxy) is 1. The van der Waals surface area contributed by atoms with E-state index in [4.69, 9.17) is 9.84 Å². The van der Waals surface area contributed by atoms with Gasteiger partial charge in [0.25, 0.3) is 0 Å². The highest BCUT2D eigenvalue weighted by atomic mass is 16.5. The molecule has 0 saturated heterocycles. The first kappa shape index (κ1) is 9.74. The van der Waals surface area contributed by atoms with Gasteiger partial charge in [-0.1, -0.05) is 12.1 Å². The number of carboxylic acids is 1. The average molecular weight is 180 g/mol. The number of aromatic carboxylic acids is 1. The fourth-order valence-corrected chi connectivity index (χ4v) is 1.06. The van der Waals surface area contributed by atoms with Crippen molar-refractivity contribution in [2.75, 3.05) is 7.11 Å². The molecule has 1 rings (SSSR count). The molecule has 1 N–H and O–H groups in total. The summed E-state index contributed by atoms with van der Waals surface area (Å²) in [4.78, 5) is 10.6. The number of hydrogen-bond donors (Lipinski definition) is 1. The minimum atomic E-state index is -0.912. The zero-order valence-electron chi connectivity index (χ0n) is 7.65. The number of methoxy groups -OCH3 is 1. The van der Waals surface area contributed by atoms with Crippen molar-refractivity contribution < 1.29 is 14.6 Å². The van der Waals surface area contributed by atoms with E-state index >= 15 is 0 Å². The molecule has 70 valence electrons. The molecular formula is C10H12O3. The molecule has 0 radical (unpaired) electrons. The standard InChI is InChI=1S/C10H12O3/c1-7(13-2)8-4-3-5-9(6-8)10(11)12/h3-7H,1-2H3,(H,11,12)/t7-/m0/s1. The van der Waals surface area contributed by atoms with Crippen molar-refractivity contribution in [1.29, 1.82) is 0 Å². The van der Waals surface area contributed by atoms with E-state index in [9.17, 15) is 4.79 Å². The van der Waals surface area contributed by atoms with Gasteiger partial charge in [-0.15, -0.1) is 0 Å². The fourth-order valence-electron chi connectivity index (χ4n) is 1.06. The Morgan fingerprint density at radius 1 is 1.54 bits per heavy atom. The number of carbonyl (C=O) groups is 1. The molecule has 13 heavy (non-hydrogen) atoms. The molecule has 0 aliphatic rings. The minimum Gasteiger partial charge on any atom is -0.478 e. The highest BCUT2D eigenvalue weighted by Gasteiger charge is 2.07. The summed E-state index contributed by atoms with van der Waals surface area (Å²) in [7, 11) is 1.60. The lowest BCUT2D eigenvalue weighted by atomic mass is 10.1. The smallest absolute Gasteiger partial charge is 0.335 e. The first-order chi connectivity index (χ1) is 6.15. The summed E-state index contributed by atoms with van der Waals surface area (Å²) in [5.74, 6) is -0.912. The van der Waals surface area contributed by atoms with Gasteiger partial charge >= 0.3 is 5.97 Å². The van der Waals surface area contributed by atoms with Crippen LogP contribution in [0.2, 0.25) is 0 Å². The summed E-state index contributed by atoms with van der Waals surface area (Å²) in [6.45, 7) is 1.88. The van der Waals surface area contributed by atoms with Gasteiger partial charge in [0.1, 0.15) is 0 Å². The quantitative estimate of drug-likeness (QED) is 0.774. The van der Waals surface area contributed by atoms with Gasteiger partial charge < -0.3 is 9.84 Å². The maximum absolute atomic E-state index is 10.6. The Morgan fingerprint density at radius 3 is 2.77 bits per heavy atom. The van der Waals surface area contributed by atoms with Crippen LogP contribution in [-0.4, -0.2) is 18.2 Å². The number of hydrogen-bond acceptors (Lipinski definition) is 2. The lowest BCUT2D eigenvalue weighted by Crippen LogP contribution is -2.00. The zero-order chi connectivity index (χ0) is 9.84. The number of rotatable bonds is 3. The van der Waals surface area contributed by atoms with E-state index in [0.717, 1.165) is 5.56 Å². The van der Waals surface area contributed by atoms with Crippen LogP contribution in [0.3, 0.4) is 0 Å². The molecule has 0 aliphatic carbocycles. The Bertz CT molecular complexity index is 307. The molecule has 3 nitrogen and oxygen atoms in total. The molecule has 3 heteroatoms. The molecule has 0 unspecified atom stereocenters. The summed E-state index contributed by atoms with van der Waals surface area (Å²) in [5.41, 5.74) is 1.17. The van der Waals surface area contributed by atoms with Crippen LogP contribution in [0.15, 0.2) is 24.3 Å². The van der Waals surface area contributed by atoms with Gasteiger partial charge in [0.05, 0.1) is 11.7 Å². The van der Waals surface area contributed by atoms with Crippen molar-refractivity contribution in [3.8, 4) is 0 Å². The molecule has 0 fully saturated rings. The summed E-state index contributed by atoms with van der Waals surface area (Å²) in [6, 6.07) is 6.75. The van der Waals surface area contributed by atoms with Crippen LogP contribution in [0.1, 0.15) is 28.9 Å². The second kappa shape index (κ2) is 4.05. The molecule has 0 aromatic heterocycles. The predicted octanol–water partition coefficient (Wildman–Crippen LogP) is 2.09. The van der Waals surface area contributed by atoms with Crippen molar-refractivity contribution in [3.63, 3.8) is 0 Å². The van der Waals surface area contributed by atoms with Gasteiger partial charge in [0, 0.05) is 7.11 Å². The second-order valence-corrected chi connectivity index (χ2v) is 2.81. The van der Waals surface area contributed by atoms with Crippen LogP contribution in [0.25, 0.3) is 0 Å². The van der Waals surface area contributed by atoms with Crippen LogP contribution in [0.5, 0.6) is 0 Å². The number of benzene rings is 1. The van der Waals surface area contributed by atoms with Crippen LogP contribution in [0, 0.1) is 0 Å². The first-order valence-electron chi connectivity index (χ1n) is 4.01. The Kier molecular flexibility index (Phi) is 3.03. The maximum Gasteiger partial charge on any atom is 0.335 e. The Balaban J connectivity index is 2.98. The van der Waals surface area contributed by atoms with Crippen LogP contribution >= 0.6 is 0 Å². The van der Waals surface area contributed by atoms with E-state index in [-0.39, 0.29) is 6.10 Å². The van der Waals surface area contributed by atoms with Gasteiger partial charge in [0.15, 0.2) is 0 Å². The molecule has 0 amide bonds. The third-order valence-corrected chi connectivity index (χ3v) is 1.96. The molecular weight excluding hydrogens is 168 g/mol. The molecule has 0 aliphatic heterocycles. The van der Waals surface area contributed by atoms with E-state index in [1.807, 2.05) is 13.0 Å². The van der Waals surface area contributed by atoms with Crippen molar-refractivity contribution >= 4 is 5.97 Å². The Hall–Kier alpha value is -1.35. The summed E-state index contributed by atoms with van der Waals surface area (Å²) < 4.78 is 5.08. The normalized spacial score (nSPS) is 12.5. The molecule has 1 aromatic carbocycles. The van der Waals surface area contributed by atoms with Gasteiger partial charge in [-0.05, 0) is 24.6 Å². The Morgan fingerprint density at radius 2 is 2.23 bits per heavy atom. The van der Waals surface area contributed by atoms with Crippen molar-refractivity contribution in [2.45, 2.75) is 13.0 Å². The van der Waals surface area contributed by atoms with Gasteiger partial charge in [0.2, 0.25) is 0 Å². The first-order valence-corrected chi connectivity index (χ1v) is 4.01. The average Bonchev–Trinajstić information content (AvgIpc) is 2.17. The summed E-state index contributed by atoms with van der Waals surface area (Å²) in [5, 5.41) is 8.72. The molecule has 0 spiro atoms. The van der Waals surface area contributed by atoms with Crippen LogP contribution in [0.4, 0.5) is 0 Å².